The Kier molecular flexibility index (Phi) is 10.7. The molecule has 1 heterocycles. The fraction of sp³-hybridized carbons (Fsp3) is 0.118. The topological polar surface area (TPSA) is 114 Å². The molecule has 1 aromatic heterocycles. The molecule has 0 saturated heterocycles. The standard InChI is InChI=1S/C34H29BrFN5O4S/c1-3-44-30-17-22(16-26(35)32(30)45-19-31(42)39-28-7-5-4-6-27(28)36)18-37-41-33(43)24-12-10-23(11-13-24)29-20-46-34(40-29)38-25-14-8-21(2)9-15-25/h4-18,20H,3,19H2,1-2H3,(H,38,40)(H,39,42)(H,41,43)/b37-18+. The lowest BCUT2D eigenvalue weighted by molar-refractivity contribution is -0.118. The fourth-order valence-electron chi connectivity index (χ4n) is 4.20. The van der Waals surface area contributed by atoms with Crippen LogP contribution in [0.4, 0.5) is 20.9 Å². The van der Waals surface area contributed by atoms with Gasteiger partial charge in [-0.2, -0.15) is 5.10 Å². The van der Waals surface area contributed by atoms with Crippen molar-refractivity contribution in [3.63, 3.8) is 0 Å². The Morgan fingerprint density at radius 3 is 2.52 bits per heavy atom. The summed E-state index contributed by atoms with van der Waals surface area (Å²) in [6.07, 6.45) is 1.46. The zero-order chi connectivity index (χ0) is 32.5. The number of hydrogen-bond donors (Lipinski definition) is 3. The van der Waals surface area contributed by atoms with Crippen molar-refractivity contribution in [1.82, 2.24) is 10.4 Å². The number of aromatic nitrogens is 1. The van der Waals surface area contributed by atoms with E-state index in [1.54, 1.807) is 30.3 Å². The van der Waals surface area contributed by atoms with E-state index < -0.39 is 11.7 Å². The van der Waals surface area contributed by atoms with Gasteiger partial charge >= 0.3 is 0 Å². The fourth-order valence-corrected chi connectivity index (χ4v) is 5.51. The molecule has 0 aliphatic heterocycles. The van der Waals surface area contributed by atoms with Gasteiger partial charge in [-0.1, -0.05) is 42.0 Å². The number of hydrogen-bond acceptors (Lipinski definition) is 8. The Bertz CT molecular complexity index is 1860. The third kappa shape index (κ3) is 8.55. The number of para-hydroxylation sites is 1. The normalized spacial score (nSPS) is 10.9. The highest BCUT2D eigenvalue weighted by molar-refractivity contribution is 9.10. The molecule has 0 radical (unpaired) electrons. The first kappa shape index (κ1) is 32.3. The first-order valence-corrected chi connectivity index (χ1v) is 15.8. The van der Waals surface area contributed by atoms with Gasteiger partial charge in [0.1, 0.15) is 5.82 Å². The lowest BCUT2D eigenvalue weighted by atomic mass is 10.1. The van der Waals surface area contributed by atoms with E-state index in [0.29, 0.717) is 33.7 Å². The second-order valence-electron chi connectivity index (χ2n) is 9.89. The van der Waals surface area contributed by atoms with Crippen LogP contribution in [-0.4, -0.2) is 36.2 Å². The van der Waals surface area contributed by atoms with E-state index in [9.17, 15) is 14.0 Å². The van der Waals surface area contributed by atoms with Gasteiger partial charge in [-0.25, -0.2) is 14.8 Å². The summed E-state index contributed by atoms with van der Waals surface area (Å²) in [7, 11) is 0. The van der Waals surface area contributed by atoms with Gasteiger partial charge in [0.05, 0.1) is 28.7 Å². The molecule has 0 aliphatic rings. The molecule has 12 heteroatoms. The molecule has 0 fully saturated rings. The van der Waals surface area contributed by atoms with Gasteiger partial charge in [-0.05, 0) is 83.9 Å². The highest BCUT2D eigenvalue weighted by atomic mass is 79.9. The van der Waals surface area contributed by atoms with E-state index in [0.717, 1.165) is 22.1 Å². The van der Waals surface area contributed by atoms with E-state index in [-0.39, 0.29) is 18.2 Å². The van der Waals surface area contributed by atoms with Crippen molar-refractivity contribution in [2.24, 2.45) is 5.10 Å². The number of carbonyl (C=O) groups excluding carboxylic acids is 2. The zero-order valence-electron chi connectivity index (χ0n) is 24.8. The predicted molar refractivity (Wildman–Crippen MR) is 183 cm³/mol. The molecule has 234 valence electrons. The number of rotatable bonds is 12. The van der Waals surface area contributed by atoms with Gasteiger partial charge in [-0.15, -0.1) is 11.3 Å². The Morgan fingerprint density at radius 2 is 1.78 bits per heavy atom. The van der Waals surface area contributed by atoms with E-state index >= 15 is 0 Å². The maximum Gasteiger partial charge on any atom is 0.271 e. The minimum absolute atomic E-state index is 0.0601. The average Bonchev–Trinajstić information content (AvgIpc) is 3.51. The summed E-state index contributed by atoms with van der Waals surface area (Å²) in [4.78, 5) is 29.7. The third-order valence-corrected chi connectivity index (χ3v) is 7.80. The van der Waals surface area contributed by atoms with Crippen LogP contribution in [0.1, 0.15) is 28.4 Å². The summed E-state index contributed by atoms with van der Waals surface area (Å²) in [5, 5.41) is 12.6. The van der Waals surface area contributed by atoms with Crippen molar-refractivity contribution in [2.75, 3.05) is 23.8 Å². The third-order valence-electron chi connectivity index (χ3n) is 6.46. The van der Waals surface area contributed by atoms with Gasteiger partial charge in [0.15, 0.2) is 23.2 Å². The monoisotopic (exact) mass is 701 g/mol. The molecule has 2 amide bonds. The number of nitrogens with one attached hydrogen (secondary N) is 3. The highest BCUT2D eigenvalue weighted by Crippen LogP contribution is 2.36. The van der Waals surface area contributed by atoms with Gasteiger partial charge < -0.3 is 20.1 Å². The number of benzene rings is 4. The molecule has 5 rings (SSSR count). The largest absolute Gasteiger partial charge is 0.490 e. The zero-order valence-corrected chi connectivity index (χ0v) is 27.2. The number of ether oxygens (including phenoxy) is 2. The molecule has 4 aromatic carbocycles. The summed E-state index contributed by atoms with van der Waals surface area (Å²) in [6, 6.07) is 24.4. The van der Waals surface area contributed by atoms with E-state index in [1.807, 2.05) is 55.6 Å². The summed E-state index contributed by atoms with van der Waals surface area (Å²) in [5.74, 6) is -0.806. The number of thiazole rings is 1. The number of hydrazone groups is 1. The maximum atomic E-state index is 13.9. The van der Waals surface area contributed by atoms with E-state index in [1.165, 1.54) is 41.3 Å². The molecule has 46 heavy (non-hydrogen) atoms. The summed E-state index contributed by atoms with van der Waals surface area (Å²) in [5.41, 5.74) is 7.47. The molecule has 0 unspecified atom stereocenters. The van der Waals surface area contributed by atoms with Crippen molar-refractivity contribution in [1.29, 1.82) is 0 Å². The molecular weight excluding hydrogens is 673 g/mol. The number of aryl methyl sites for hydroxylation is 1. The van der Waals surface area contributed by atoms with Crippen molar-refractivity contribution in [3.8, 4) is 22.8 Å². The maximum absolute atomic E-state index is 13.9. The van der Waals surface area contributed by atoms with Crippen LogP contribution in [0.25, 0.3) is 11.3 Å². The van der Waals surface area contributed by atoms with Gasteiger partial charge in [-0.3, -0.25) is 9.59 Å². The van der Waals surface area contributed by atoms with Crippen LogP contribution in [0.15, 0.2) is 99.9 Å². The lowest BCUT2D eigenvalue weighted by Crippen LogP contribution is -2.21. The molecule has 3 N–H and O–H groups in total. The number of carbonyl (C=O) groups is 2. The minimum atomic E-state index is -0.545. The Labute approximate surface area is 277 Å². The molecule has 0 aliphatic carbocycles. The molecule has 5 aromatic rings. The van der Waals surface area contributed by atoms with Crippen molar-refractivity contribution in [2.45, 2.75) is 13.8 Å². The summed E-state index contributed by atoms with van der Waals surface area (Å²) in [6.45, 7) is 3.82. The highest BCUT2D eigenvalue weighted by Gasteiger charge is 2.15. The molecule has 0 spiro atoms. The van der Waals surface area contributed by atoms with Crippen LogP contribution >= 0.6 is 27.3 Å². The van der Waals surface area contributed by atoms with Gasteiger partial charge in [0, 0.05) is 22.2 Å². The quantitative estimate of drug-likeness (QED) is 0.0899. The van der Waals surface area contributed by atoms with E-state index in [2.05, 4.69) is 42.1 Å². The van der Waals surface area contributed by atoms with Crippen molar-refractivity contribution >= 4 is 61.8 Å². The van der Waals surface area contributed by atoms with Crippen LogP contribution in [0.3, 0.4) is 0 Å². The summed E-state index contributed by atoms with van der Waals surface area (Å²) >= 11 is 4.95. The number of amides is 2. The summed E-state index contributed by atoms with van der Waals surface area (Å²) < 4.78 is 25.8. The SMILES string of the molecule is CCOc1cc(/C=N/NC(=O)c2ccc(-c3csc(Nc4ccc(C)cc4)n3)cc2)cc(Br)c1OCC(=O)Nc1ccccc1F. The molecule has 0 bridgehead atoms. The Balaban J connectivity index is 1.17. The second kappa shape index (κ2) is 15.3. The Morgan fingerprint density at radius 1 is 1.02 bits per heavy atom. The van der Waals surface area contributed by atoms with Crippen LogP contribution < -0.4 is 25.5 Å². The number of halogens is 2. The van der Waals surface area contributed by atoms with Gasteiger partial charge in [0.25, 0.3) is 11.8 Å². The molecule has 0 saturated carbocycles. The predicted octanol–water partition coefficient (Wildman–Crippen LogP) is 7.94. The van der Waals surface area contributed by atoms with Crippen LogP contribution in [-0.2, 0) is 4.79 Å². The molecule has 0 atom stereocenters. The van der Waals surface area contributed by atoms with Crippen molar-refractivity contribution in [3.05, 3.63) is 117 Å². The second-order valence-corrected chi connectivity index (χ2v) is 11.6. The van der Waals surface area contributed by atoms with Crippen molar-refractivity contribution < 1.29 is 23.5 Å². The van der Waals surface area contributed by atoms with Crippen LogP contribution in [0.2, 0.25) is 0 Å². The Hall–Kier alpha value is -5.07. The first-order valence-electron chi connectivity index (χ1n) is 14.2. The van der Waals surface area contributed by atoms with Crippen LogP contribution in [0.5, 0.6) is 11.5 Å². The molecular formula is C34H29BrFN5O4S. The first-order chi connectivity index (χ1) is 22.3. The number of nitrogens with zero attached hydrogens (tertiary/aromatic N) is 2. The minimum Gasteiger partial charge on any atom is -0.490 e. The van der Waals surface area contributed by atoms with Gasteiger partial charge in [0.2, 0.25) is 0 Å². The number of anilines is 3. The van der Waals surface area contributed by atoms with Crippen LogP contribution in [0, 0.1) is 12.7 Å². The smallest absolute Gasteiger partial charge is 0.271 e. The molecule has 9 nitrogen and oxygen atoms in total. The van der Waals surface area contributed by atoms with E-state index in [4.69, 9.17) is 9.47 Å². The lowest BCUT2D eigenvalue weighted by Gasteiger charge is -2.14. The average molecular weight is 703 g/mol.